The molecule has 0 radical (unpaired) electrons. The van der Waals surface area contributed by atoms with E-state index in [1.165, 1.54) is 0 Å². The molecule has 9 atom stereocenters. The minimum Gasteiger partial charge on any atom is -0.446 e. The summed E-state index contributed by atoms with van der Waals surface area (Å²) in [7, 11) is 0. The molecule has 0 aromatic carbocycles. The molecule has 152 valence electrons. The zero-order valence-corrected chi connectivity index (χ0v) is 16.7. The van der Waals surface area contributed by atoms with Gasteiger partial charge in [-0.15, -0.1) is 6.58 Å². The number of hydrogen-bond acceptors (Lipinski definition) is 4. The monoisotopic (exact) mass is 381 g/mol. The maximum absolute atomic E-state index is 14.8. The van der Waals surface area contributed by atoms with E-state index in [0.717, 1.165) is 6.42 Å². The summed E-state index contributed by atoms with van der Waals surface area (Å²) in [6.07, 6.45) is -0.422. The number of halogens is 1. The van der Waals surface area contributed by atoms with Gasteiger partial charge in [0.15, 0.2) is 12.0 Å². The number of hydrogen-bond donors (Lipinski definition) is 2. The van der Waals surface area contributed by atoms with E-state index >= 15 is 0 Å². The number of nitrogens with two attached hydrogens (primary N) is 1. The van der Waals surface area contributed by atoms with Crippen LogP contribution in [0.15, 0.2) is 12.7 Å². The molecule has 3 fully saturated rings. The number of ketones is 1. The van der Waals surface area contributed by atoms with Gasteiger partial charge in [0.05, 0.1) is 6.10 Å². The second-order valence-corrected chi connectivity index (χ2v) is 9.62. The minimum absolute atomic E-state index is 0.0470. The highest BCUT2D eigenvalue weighted by molar-refractivity contribution is 5.90. The summed E-state index contributed by atoms with van der Waals surface area (Å²) in [5.41, 5.74) is 3.23. The Morgan fingerprint density at radius 1 is 1.37 bits per heavy atom. The van der Waals surface area contributed by atoms with Gasteiger partial charge in [-0.05, 0) is 42.9 Å². The van der Waals surface area contributed by atoms with Gasteiger partial charge in [0.1, 0.15) is 6.10 Å². The zero-order valence-electron chi connectivity index (χ0n) is 16.7. The van der Waals surface area contributed by atoms with Gasteiger partial charge >= 0.3 is 6.09 Å². The molecule has 3 aliphatic carbocycles. The van der Waals surface area contributed by atoms with Crippen molar-refractivity contribution < 1.29 is 23.8 Å². The smallest absolute Gasteiger partial charge is 0.404 e. The molecule has 3 rings (SSSR count). The van der Waals surface area contributed by atoms with Crippen LogP contribution in [0.25, 0.3) is 0 Å². The van der Waals surface area contributed by atoms with Gasteiger partial charge in [0.2, 0.25) is 0 Å². The topological polar surface area (TPSA) is 89.6 Å². The molecule has 0 spiro atoms. The maximum Gasteiger partial charge on any atom is 0.404 e. The minimum atomic E-state index is -1.54. The predicted molar refractivity (Wildman–Crippen MR) is 99.5 cm³/mol. The molecule has 3 N–H and O–H groups in total. The Balaban J connectivity index is 2.26. The van der Waals surface area contributed by atoms with Crippen LogP contribution in [-0.2, 0) is 9.53 Å². The maximum atomic E-state index is 14.8. The summed E-state index contributed by atoms with van der Waals surface area (Å²) in [6, 6.07) is 0. The third-order valence-corrected chi connectivity index (χ3v) is 8.55. The van der Waals surface area contributed by atoms with Crippen molar-refractivity contribution in [3.05, 3.63) is 12.7 Å². The highest BCUT2D eigenvalue weighted by Gasteiger charge is 2.70. The van der Waals surface area contributed by atoms with Crippen LogP contribution in [0.4, 0.5) is 9.18 Å². The van der Waals surface area contributed by atoms with Crippen LogP contribution in [-0.4, -0.2) is 35.4 Å². The fourth-order valence-corrected chi connectivity index (χ4v) is 6.59. The van der Waals surface area contributed by atoms with E-state index in [0.29, 0.717) is 12.8 Å². The molecule has 2 bridgehead atoms. The summed E-state index contributed by atoms with van der Waals surface area (Å²) in [5, 5.41) is 11.3. The van der Waals surface area contributed by atoms with Crippen LogP contribution in [0.2, 0.25) is 0 Å². The molecule has 3 saturated carbocycles. The van der Waals surface area contributed by atoms with Gasteiger partial charge in [-0.2, -0.15) is 0 Å². The van der Waals surface area contributed by atoms with Crippen LogP contribution in [0.3, 0.4) is 0 Å². The quantitative estimate of drug-likeness (QED) is 0.718. The van der Waals surface area contributed by atoms with Gasteiger partial charge in [0.25, 0.3) is 0 Å². The van der Waals surface area contributed by atoms with Crippen molar-refractivity contribution in [2.45, 2.75) is 71.8 Å². The van der Waals surface area contributed by atoms with Crippen molar-refractivity contribution in [3.8, 4) is 0 Å². The molecule has 0 aliphatic heterocycles. The van der Waals surface area contributed by atoms with Crippen molar-refractivity contribution >= 4 is 11.9 Å². The average Bonchev–Trinajstić information content (AvgIpc) is 2.87. The molecule has 5 nitrogen and oxygen atoms in total. The number of ether oxygens (including phenoxy) is 1. The average molecular weight is 381 g/mol. The summed E-state index contributed by atoms with van der Waals surface area (Å²) < 4.78 is 20.4. The Kier molecular flexibility index (Phi) is 4.73. The van der Waals surface area contributed by atoms with Crippen molar-refractivity contribution in [3.63, 3.8) is 0 Å². The second-order valence-electron chi connectivity index (χ2n) is 9.62. The first-order valence-electron chi connectivity index (χ1n) is 9.89. The SMILES string of the molecule is C=C[C@]1(C)C[C@@H](OC(N)=O)[C@]2(C)C(C)CC[C@]3(C[C@@H](F)C(=O)C32)[C@@H](C)[C@@H]1O. The lowest BCUT2D eigenvalue weighted by Crippen LogP contribution is -2.63. The standard InChI is InChI=1S/C21H32FNO4/c1-6-19(4)10-14(27-18(23)26)20(5)11(2)7-8-21(12(3)17(19)25)9-13(22)15(24)16(20)21/h6,11-14,16-17,25H,1,7-10H2,2-5H3,(H2,23,26)/t11?,12-,13+,14+,16?,17-,19+,20-,21-/m0/s1. The molecule has 2 unspecified atom stereocenters. The first-order chi connectivity index (χ1) is 12.4. The van der Waals surface area contributed by atoms with E-state index in [-0.39, 0.29) is 18.3 Å². The number of carbonyl (C=O) groups is 2. The molecule has 3 aliphatic rings. The Morgan fingerprint density at radius 3 is 2.56 bits per heavy atom. The first kappa shape index (κ1) is 20.3. The first-order valence-corrected chi connectivity index (χ1v) is 9.89. The highest BCUT2D eigenvalue weighted by atomic mass is 19.1. The third-order valence-electron chi connectivity index (χ3n) is 8.55. The van der Waals surface area contributed by atoms with Crippen LogP contribution < -0.4 is 5.73 Å². The number of primary amides is 1. The Morgan fingerprint density at radius 2 is 2.00 bits per heavy atom. The largest absolute Gasteiger partial charge is 0.446 e. The van der Waals surface area contributed by atoms with Gasteiger partial charge in [-0.3, -0.25) is 4.79 Å². The number of amides is 1. The second kappa shape index (κ2) is 6.29. The lowest BCUT2D eigenvalue weighted by atomic mass is 9.44. The Hall–Kier alpha value is -1.43. The molecule has 0 heterocycles. The van der Waals surface area contributed by atoms with Gasteiger partial charge in [-0.25, -0.2) is 9.18 Å². The Bertz CT molecular complexity index is 669. The van der Waals surface area contributed by atoms with Gasteiger partial charge in [0, 0.05) is 16.7 Å². The lowest BCUT2D eigenvalue weighted by Gasteiger charge is -2.61. The van der Waals surface area contributed by atoms with Crippen LogP contribution in [0.5, 0.6) is 0 Å². The molecule has 0 aromatic rings. The van der Waals surface area contributed by atoms with E-state index in [1.807, 2.05) is 27.7 Å². The van der Waals surface area contributed by atoms with Crippen molar-refractivity contribution in [1.29, 1.82) is 0 Å². The molecule has 0 aromatic heterocycles. The number of alkyl halides is 1. The van der Waals surface area contributed by atoms with Crippen LogP contribution in [0.1, 0.15) is 53.4 Å². The highest BCUT2D eigenvalue weighted by Crippen LogP contribution is 2.68. The van der Waals surface area contributed by atoms with E-state index in [4.69, 9.17) is 10.5 Å². The van der Waals surface area contributed by atoms with E-state index in [2.05, 4.69) is 6.58 Å². The molecule has 1 amide bonds. The summed E-state index contributed by atoms with van der Waals surface area (Å²) in [5.74, 6) is -1.25. The van der Waals surface area contributed by atoms with E-state index in [9.17, 15) is 19.1 Å². The normalized spacial score (nSPS) is 52.4. The summed E-state index contributed by atoms with van der Waals surface area (Å²) in [6.45, 7) is 11.7. The summed E-state index contributed by atoms with van der Waals surface area (Å²) in [4.78, 5) is 24.7. The van der Waals surface area contributed by atoms with Gasteiger partial charge < -0.3 is 15.6 Å². The number of aliphatic hydroxyl groups excluding tert-OH is 1. The summed E-state index contributed by atoms with van der Waals surface area (Å²) >= 11 is 0. The third kappa shape index (κ3) is 2.59. The molecule has 0 saturated heterocycles. The number of rotatable bonds is 2. The van der Waals surface area contributed by atoms with Crippen molar-refractivity contribution in [1.82, 2.24) is 0 Å². The van der Waals surface area contributed by atoms with Crippen molar-refractivity contribution in [2.24, 2.45) is 39.7 Å². The number of aliphatic hydroxyl groups is 1. The fraction of sp³-hybridized carbons (Fsp3) is 0.810. The van der Waals surface area contributed by atoms with Crippen LogP contribution in [0, 0.1) is 34.0 Å². The predicted octanol–water partition coefficient (Wildman–Crippen LogP) is 3.39. The van der Waals surface area contributed by atoms with Crippen molar-refractivity contribution in [2.75, 3.05) is 0 Å². The van der Waals surface area contributed by atoms with E-state index in [1.54, 1.807) is 6.08 Å². The molecule has 27 heavy (non-hydrogen) atoms. The van der Waals surface area contributed by atoms with Crippen LogP contribution >= 0.6 is 0 Å². The van der Waals surface area contributed by atoms with Gasteiger partial charge in [-0.1, -0.05) is 33.8 Å². The fourth-order valence-electron chi connectivity index (χ4n) is 6.59. The Labute approximate surface area is 160 Å². The number of carbonyl (C=O) groups excluding carboxylic acids is 2. The lowest BCUT2D eigenvalue weighted by molar-refractivity contribution is -0.191. The zero-order chi connectivity index (χ0) is 20.4. The molecular weight excluding hydrogens is 349 g/mol. The molecule has 6 heteroatoms. The number of Topliss-reactive ketones (excluding diaryl/α,β-unsaturated/α-hetero) is 1. The molecular formula is C21H32FNO4. The van der Waals surface area contributed by atoms with E-state index < -0.39 is 52.4 Å².